The molecule has 138 valence electrons. The molecule has 1 heterocycles. The molecule has 0 saturated heterocycles. The highest BCUT2D eigenvalue weighted by molar-refractivity contribution is 6.31. The van der Waals surface area contributed by atoms with Crippen LogP contribution in [0.5, 0.6) is 5.75 Å². The van der Waals surface area contributed by atoms with Crippen LogP contribution in [0.4, 0.5) is 25.8 Å². The zero-order valence-electron chi connectivity index (χ0n) is 14.1. The fraction of sp³-hybridized carbons (Fsp3) is 0.0526. The first-order valence-electron chi connectivity index (χ1n) is 7.79. The van der Waals surface area contributed by atoms with Crippen molar-refractivity contribution in [3.05, 3.63) is 77.1 Å². The van der Waals surface area contributed by atoms with Crippen molar-refractivity contribution in [1.29, 1.82) is 0 Å². The normalized spacial score (nSPS) is 10.4. The second-order valence-electron chi connectivity index (χ2n) is 5.48. The van der Waals surface area contributed by atoms with E-state index in [4.69, 9.17) is 16.3 Å². The van der Waals surface area contributed by atoms with Gasteiger partial charge in [-0.15, -0.1) is 0 Å². The second-order valence-corrected chi connectivity index (χ2v) is 5.91. The number of nitrogens with one attached hydrogen (secondary N) is 2. The maximum Gasteiger partial charge on any atom is 0.274 e. The topological polar surface area (TPSA) is 63.2 Å². The number of ether oxygens (including phenoxy) is 1. The third kappa shape index (κ3) is 4.51. The molecule has 0 aliphatic carbocycles. The van der Waals surface area contributed by atoms with E-state index in [0.717, 1.165) is 12.1 Å². The Labute approximate surface area is 159 Å². The van der Waals surface area contributed by atoms with Gasteiger partial charge < -0.3 is 15.4 Å². The molecule has 1 aromatic heterocycles. The number of methoxy groups -OCH3 is 1. The standard InChI is InChI=1S/C19H14ClF2N3O2/c1-27-18-5-2-11(20)8-16(18)25-19(26)17-10-13(6-7-23-17)24-15-4-3-12(21)9-14(15)22/h2-10H,1H3,(H,23,24)(H,25,26). The van der Waals surface area contributed by atoms with Crippen LogP contribution in [-0.4, -0.2) is 18.0 Å². The van der Waals surface area contributed by atoms with Crippen LogP contribution < -0.4 is 15.4 Å². The monoisotopic (exact) mass is 389 g/mol. The maximum atomic E-state index is 13.8. The van der Waals surface area contributed by atoms with Gasteiger partial charge in [-0.3, -0.25) is 9.78 Å². The number of aromatic nitrogens is 1. The third-order valence-electron chi connectivity index (χ3n) is 3.61. The van der Waals surface area contributed by atoms with Crippen LogP contribution in [0.1, 0.15) is 10.5 Å². The van der Waals surface area contributed by atoms with Gasteiger partial charge in [-0.05, 0) is 42.5 Å². The number of halogens is 3. The molecule has 2 N–H and O–H groups in total. The molecular weight excluding hydrogens is 376 g/mol. The molecule has 0 fully saturated rings. The van der Waals surface area contributed by atoms with Gasteiger partial charge in [-0.2, -0.15) is 0 Å². The fourth-order valence-corrected chi connectivity index (χ4v) is 2.52. The van der Waals surface area contributed by atoms with E-state index in [9.17, 15) is 13.6 Å². The molecule has 0 bridgehead atoms. The van der Waals surface area contributed by atoms with Crippen LogP contribution in [0.3, 0.4) is 0 Å². The Morgan fingerprint density at radius 3 is 2.63 bits per heavy atom. The van der Waals surface area contributed by atoms with Crippen LogP contribution in [0, 0.1) is 11.6 Å². The van der Waals surface area contributed by atoms with Crippen LogP contribution >= 0.6 is 11.6 Å². The number of benzene rings is 2. The summed E-state index contributed by atoms with van der Waals surface area (Å²) in [5.41, 5.74) is 0.966. The predicted molar refractivity (Wildman–Crippen MR) is 99.8 cm³/mol. The average Bonchev–Trinajstić information content (AvgIpc) is 2.64. The highest BCUT2D eigenvalue weighted by atomic mass is 35.5. The molecule has 5 nitrogen and oxygen atoms in total. The molecular formula is C19H14ClF2N3O2. The maximum absolute atomic E-state index is 13.8. The summed E-state index contributed by atoms with van der Waals surface area (Å²) in [5, 5.41) is 5.88. The van der Waals surface area contributed by atoms with Gasteiger partial charge in [0.15, 0.2) is 0 Å². The largest absolute Gasteiger partial charge is 0.495 e. The number of carbonyl (C=O) groups is 1. The lowest BCUT2D eigenvalue weighted by Gasteiger charge is -2.11. The Morgan fingerprint density at radius 2 is 1.89 bits per heavy atom. The number of hydrogen-bond donors (Lipinski definition) is 2. The predicted octanol–water partition coefficient (Wildman–Crippen LogP) is 5.02. The Morgan fingerprint density at radius 1 is 1.07 bits per heavy atom. The van der Waals surface area contributed by atoms with Crippen LogP contribution in [-0.2, 0) is 0 Å². The number of hydrogen-bond acceptors (Lipinski definition) is 4. The Kier molecular flexibility index (Phi) is 5.52. The second kappa shape index (κ2) is 8.01. The lowest BCUT2D eigenvalue weighted by Crippen LogP contribution is -2.14. The summed E-state index contributed by atoms with van der Waals surface area (Å²) < 4.78 is 32.0. The van der Waals surface area contributed by atoms with Crippen molar-refractivity contribution < 1.29 is 18.3 Å². The van der Waals surface area contributed by atoms with E-state index in [0.29, 0.717) is 22.1 Å². The van der Waals surface area contributed by atoms with Crippen molar-refractivity contribution in [3.8, 4) is 5.75 Å². The molecule has 3 rings (SSSR count). The van der Waals surface area contributed by atoms with E-state index in [1.54, 1.807) is 24.3 Å². The SMILES string of the molecule is COc1ccc(Cl)cc1NC(=O)c1cc(Nc2ccc(F)cc2F)ccn1. The Bertz CT molecular complexity index is 998. The van der Waals surface area contributed by atoms with E-state index < -0.39 is 17.5 Å². The van der Waals surface area contributed by atoms with Gasteiger partial charge in [-0.25, -0.2) is 8.78 Å². The number of amides is 1. The summed E-state index contributed by atoms with van der Waals surface area (Å²) in [6, 6.07) is 11.0. The number of anilines is 3. The molecule has 2 aromatic carbocycles. The highest BCUT2D eigenvalue weighted by Crippen LogP contribution is 2.28. The van der Waals surface area contributed by atoms with Crippen LogP contribution in [0.15, 0.2) is 54.7 Å². The summed E-state index contributed by atoms with van der Waals surface area (Å²) in [6.07, 6.45) is 1.40. The summed E-state index contributed by atoms with van der Waals surface area (Å²) in [7, 11) is 1.47. The summed E-state index contributed by atoms with van der Waals surface area (Å²) in [4.78, 5) is 16.5. The lowest BCUT2D eigenvalue weighted by molar-refractivity contribution is 0.102. The zero-order chi connectivity index (χ0) is 19.4. The summed E-state index contributed by atoms with van der Waals surface area (Å²) in [5.74, 6) is -1.49. The molecule has 3 aromatic rings. The zero-order valence-corrected chi connectivity index (χ0v) is 14.8. The molecule has 0 aliphatic rings. The molecule has 0 unspecified atom stereocenters. The van der Waals surface area contributed by atoms with Crippen molar-refractivity contribution in [1.82, 2.24) is 4.98 Å². The van der Waals surface area contributed by atoms with Crippen molar-refractivity contribution in [3.63, 3.8) is 0 Å². The molecule has 0 radical (unpaired) electrons. The number of carbonyl (C=O) groups excluding carboxylic acids is 1. The van der Waals surface area contributed by atoms with E-state index in [1.165, 1.54) is 25.4 Å². The number of rotatable bonds is 5. The first kappa shape index (κ1) is 18.6. The van der Waals surface area contributed by atoms with Gasteiger partial charge in [0.05, 0.1) is 18.5 Å². The molecule has 0 atom stereocenters. The first-order valence-corrected chi connectivity index (χ1v) is 8.17. The van der Waals surface area contributed by atoms with Crippen molar-refractivity contribution in [2.24, 2.45) is 0 Å². The lowest BCUT2D eigenvalue weighted by atomic mass is 10.2. The van der Waals surface area contributed by atoms with E-state index in [2.05, 4.69) is 15.6 Å². The molecule has 0 spiro atoms. The molecule has 0 aliphatic heterocycles. The van der Waals surface area contributed by atoms with Gasteiger partial charge in [0.25, 0.3) is 5.91 Å². The molecule has 27 heavy (non-hydrogen) atoms. The highest BCUT2D eigenvalue weighted by Gasteiger charge is 2.13. The Hall–Kier alpha value is -3.19. The minimum atomic E-state index is -0.749. The quantitative estimate of drug-likeness (QED) is 0.643. The van der Waals surface area contributed by atoms with E-state index >= 15 is 0 Å². The molecule has 0 saturated carbocycles. The summed E-state index contributed by atoms with van der Waals surface area (Å²) >= 11 is 5.95. The van der Waals surface area contributed by atoms with Gasteiger partial charge in [0.2, 0.25) is 0 Å². The van der Waals surface area contributed by atoms with Crippen molar-refractivity contribution in [2.45, 2.75) is 0 Å². The van der Waals surface area contributed by atoms with E-state index in [1.807, 2.05) is 0 Å². The average molecular weight is 390 g/mol. The smallest absolute Gasteiger partial charge is 0.274 e. The minimum absolute atomic E-state index is 0.0745. The Balaban J connectivity index is 1.81. The number of nitrogens with zero attached hydrogens (tertiary/aromatic N) is 1. The third-order valence-corrected chi connectivity index (χ3v) is 3.85. The first-order chi connectivity index (χ1) is 13.0. The summed E-state index contributed by atoms with van der Waals surface area (Å²) in [6.45, 7) is 0. The van der Waals surface area contributed by atoms with Crippen molar-refractivity contribution in [2.75, 3.05) is 17.7 Å². The van der Waals surface area contributed by atoms with Gasteiger partial charge in [-0.1, -0.05) is 11.6 Å². The van der Waals surface area contributed by atoms with Gasteiger partial charge in [0, 0.05) is 23.0 Å². The van der Waals surface area contributed by atoms with Gasteiger partial charge in [0.1, 0.15) is 23.1 Å². The minimum Gasteiger partial charge on any atom is -0.495 e. The van der Waals surface area contributed by atoms with Crippen LogP contribution in [0.2, 0.25) is 5.02 Å². The van der Waals surface area contributed by atoms with Gasteiger partial charge >= 0.3 is 0 Å². The fourth-order valence-electron chi connectivity index (χ4n) is 2.34. The van der Waals surface area contributed by atoms with E-state index in [-0.39, 0.29) is 11.4 Å². The van der Waals surface area contributed by atoms with Crippen LogP contribution in [0.25, 0.3) is 0 Å². The molecule has 1 amide bonds. The molecule has 8 heteroatoms. The number of pyridine rings is 1. The van der Waals surface area contributed by atoms with Crippen molar-refractivity contribution >= 4 is 34.6 Å².